The molecule has 0 amide bonds. The number of nitrogens with zero attached hydrogens (tertiary/aromatic N) is 1. The van der Waals surface area contributed by atoms with E-state index in [-0.39, 0.29) is 0 Å². The average Bonchev–Trinajstić information content (AvgIpc) is 3.90. The fraction of sp³-hybridized carbons (Fsp3) is 0.149. The molecule has 3 unspecified atom stereocenters. The summed E-state index contributed by atoms with van der Waals surface area (Å²) in [4.78, 5) is 2.46. The third-order valence-corrected chi connectivity index (χ3v) is 12.5. The van der Waals surface area contributed by atoms with Gasteiger partial charge in [-0.2, -0.15) is 0 Å². The van der Waals surface area contributed by atoms with Gasteiger partial charge < -0.3 is 4.90 Å². The largest absolute Gasteiger partial charge is 0.310 e. The first-order valence-electron chi connectivity index (χ1n) is 17.8. The quantitative estimate of drug-likeness (QED) is 0.174. The number of hydrogen-bond acceptors (Lipinski definition) is 2. The summed E-state index contributed by atoms with van der Waals surface area (Å²) in [5.74, 6) is 2.54. The van der Waals surface area contributed by atoms with Gasteiger partial charge in [0.05, 0.1) is 0 Å². The molecule has 236 valence electrons. The van der Waals surface area contributed by atoms with Gasteiger partial charge in [-0.3, -0.25) is 0 Å². The van der Waals surface area contributed by atoms with E-state index in [2.05, 4.69) is 163 Å². The number of fused-ring (bicyclic) bond motifs is 6. The summed E-state index contributed by atoms with van der Waals surface area (Å²) in [6.07, 6.45) is 5.65. The van der Waals surface area contributed by atoms with E-state index in [1.807, 2.05) is 11.3 Å². The highest BCUT2D eigenvalue weighted by molar-refractivity contribution is 7.25. The molecule has 0 aliphatic heterocycles. The van der Waals surface area contributed by atoms with Crippen molar-refractivity contribution in [3.05, 3.63) is 163 Å². The van der Waals surface area contributed by atoms with Gasteiger partial charge in [0.1, 0.15) is 0 Å². The second-order valence-electron chi connectivity index (χ2n) is 14.1. The van der Waals surface area contributed by atoms with Crippen LogP contribution < -0.4 is 4.90 Å². The molecular weight excluding hydrogens is 611 g/mol. The van der Waals surface area contributed by atoms with Crippen molar-refractivity contribution < 1.29 is 0 Å². The molecule has 0 N–H and O–H groups in total. The van der Waals surface area contributed by atoms with Crippen LogP contribution in [0.4, 0.5) is 17.1 Å². The van der Waals surface area contributed by atoms with Crippen molar-refractivity contribution in [2.75, 3.05) is 4.90 Å². The summed E-state index contributed by atoms with van der Waals surface area (Å²) in [6, 6.07) is 58.7. The Balaban J connectivity index is 1.12. The van der Waals surface area contributed by atoms with Crippen LogP contribution in [-0.4, -0.2) is 0 Å². The Morgan fingerprint density at radius 3 is 1.98 bits per heavy atom. The molecule has 0 spiro atoms. The molecule has 2 heteroatoms. The molecule has 3 atom stereocenters. The molecule has 10 rings (SSSR count). The molecule has 2 saturated carbocycles. The van der Waals surface area contributed by atoms with Crippen LogP contribution in [0.3, 0.4) is 0 Å². The summed E-state index contributed by atoms with van der Waals surface area (Å²) < 4.78 is 2.66. The molecule has 2 bridgehead atoms. The van der Waals surface area contributed by atoms with Crippen molar-refractivity contribution in [1.82, 2.24) is 0 Å². The molecule has 0 saturated heterocycles. The normalized spacial score (nSPS) is 18.5. The molecule has 2 aliphatic rings. The lowest BCUT2D eigenvalue weighted by Crippen LogP contribution is -2.11. The number of anilines is 3. The average molecular weight is 648 g/mol. The maximum Gasteiger partial charge on any atom is 0.0476 e. The highest BCUT2D eigenvalue weighted by Gasteiger charge is 2.40. The summed E-state index contributed by atoms with van der Waals surface area (Å²) in [6.45, 7) is 0. The van der Waals surface area contributed by atoms with Gasteiger partial charge in [-0.05, 0) is 118 Å². The molecule has 1 aromatic heterocycles. The first kappa shape index (κ1) is 28.8. The SMILES string of the molecule is c1ccc(-c2cccc3cccc(-c4cccc(N(c5ccc(C6CC7CCC6C7)cc5)c5ccc6c(c5)sc5ccccc56)c4)c23)cc1. The number of hydrogen-bond donors (Lipinski definition) is 0. The van der Waals surface area contributed by atoms with E-state index in [4.69, 9.17) is 0 Å². The Hall–Kier alpha value is -5.18. The number of thiophene rings is 1. The van der Waals surface area contributed by atoms with Crippen molar-refractivity contribution >= 4 is 59.3 Å². The first-order valence-corrected chi connectivity index (χ1v) is 18.6. The van der Waals surface area contributed by atoms with Crippen LogP contribution in [0.25, 0.3) is 53.2 Å². The summed E-state index contributed by atoms with van der Waals surface area (Å²) in [5, 5.41) is 5.21. The fourth-order valence-electron chi connectivity index (χ4n) is 9.08. The van der Waals surface area contributed by atoms with E-state index in [0.717, 1.165) is 17.8 Å². The molecule has 2 fully saturated rings. The smallest absolute Gasteiger partial charge is 0.0476 e. The highest BCUT2D eigenvalue weighted by Crippen LogP contribution is 2.53. The first-order chi connectivity index (χ1) is 24.3. The van der Waals surface area contributed by atoms with Crippen LogP contribution >= 0.6 is 11.3 Å². The minimum atomic E-state index is 0.727. The molecule has 49 heavy (non-hydrogen) atoms. The van der Waals surface area contributed by atoms with Crippen LogP contribution in [0.15, 0.2) is 158 Å². The second-order valence-corrected chi connectivity index (χ2v) is 15.2. The van der Waals surface area contributed by atoms with Crippen LogP contribution in [0.2, 0.25) is 0 Å². The summed E-state index contributed by atoms with van der Waals surface area (Å²) >= 11 is 1.88. The predicted molar refractivity (Wildman–Crippen MR) is 211 cm³/mol. The van der Waals surface area contributed by atoms with Gasteiger partial charge in [0.15, 0.2) is 0 Å². The summed E-state index contributed by atoms with van der Waals surface area (Å²) in [5.41, 5.74) is 10.1. The van der Waals surface area contributed by atoms with Gasteiger partial charge in [-0.25, -0.2) is 0 Å². The maximum absolute atomic E-state index is 2.46. The highest BCUT2D eigenvalue weighted by atomic mass is 32.1. The van der Waals surface area contributed by atoms with Gasteiger partial charge in [0, 0.05) is 37.2 Å². The maximum atomic E-state index is 2.46. The Morgan fingerprint density at radius 2 is 1.18 bits per heavy atom. The summed E-state index contributed by atoms with van der Waals surface area (Å²) in [7, 11) is 0. The second kappa shape index (κ2) is 11.8. The minimum Gasteiger partial charge on any atom is -0.310 e. The Bertz CT molecular complexity index is 2470. The van der Waals surface area contributed by atoms with E-state index < -0.39 is 0 Å². The number of benzene rings is 7. The number of rotatable bonds is 6. The molecule has 1 heterocycles. The van der Waals surface area contributed by atoms with Crippen LogP contribution in [0.5, 0.6) is 0 Å². The van der Waals surface area contributed by atoms with E-state index in [1.54, 1.807) is 0 Å². The Morgan fingerprint density at radius 1 is 0.490 bits per heavy atom. The van der Waals surface area contributed by atoms with E-state index in [9.17, 15) is 0 Å². The predicted octanol–water partition coefficient (Wildman–Crippen LogP) is 13.9. The Labute approximate surface area is 292 Å². The van der Waals surface area contributed by atoms with Crippen molar-refractivity contribution in [3.8, 4) is 22.3 Å². The van der Waals surface area contributed by atoms with E-state index in [0.29, 0.717) is 0 Å². The molecule has 2 aliphatic carbocycles. The lowest BCUT2D eigenvalue weighted by Gasteiger charge is -2.27. The standard InChI is InChI=1S/C47H37NS/c1-2-9-32(10-3-1)40-16-7-11-34-12-8-17-41(47(34)40)35-13-6-14-38(29-35)48(37-23-21-33(22-24-37)44-28-31-19-20-36(44)27-31)39-25-26-43-42-15-4-5-18-45(42)49-46(43)30-39/h1-18,21-26,29-31,36,44H,19-20,27-28H2. The lowest BCUT2D eigenvalue weighted by molar-refractivity contribution is 0.420. The van der Waals surface area contributed by atoms with Crippen molar-refractivity contribution in [2.24, 2.45) is 11.8 Å². The molecule has 1 nitrogen and oxygen atoms in total. The van der Waals surface area contributed by atoms with E-state index >= 15 is 0 Å². The van der Waals surface area contributed by atoms with Crippen LogP contribution in [0.1, 0.15) is 37.2 Å². The van der Waals surface area contributed by atoms with Crippen LogP contribution in [-0.2, 0) is 0 Å². The third kappa shape index (κ3) is 4.97. The minimum absolute atomic E-state index is 0.727. The van der Waals surface area contributed by atoms with Gasteiger partial charge in [-0.15, -0.1) is 11.3 Å². The molecule has 7 aromatic carbocycles. The van der Waals surface area contributed by atoms with Crippen LogP contribution in [0, 0.1) is 11.8 Å². The van der Waals surface area contributed by atoms with Gasteiger partial charge in [-0.1, -0.05) is 122 Å². The zero-order chi connectivity index (χ0) is 32.3. The molecule has 0 radical (unpaired) electrons. The van der Waals surface area contributed by atoms with Crippen molar-refractivity contribution in [1.29, 1.82) is 0 Å². The molecular formula is C47H37NS. The Kier molecular flexibility index (Phi) is 6.91. The van der Waals surface area contributed by atoms with Gasteiger partial charge in [0.2, 0.25) is 0 Å². The van der Waals surface area contributed by atoms with E-state index in [1.165, 1.54) is 102 Å². The fourth-order valence-corrected chi connectivity index (χ4v) is 10.2. The monoisotopic (exact) mass is 647 g/mol. The topological polar surface area (TPSA) is 3.24 Å². The van der Waals surface area contributed by atoms with Gasteiger partial charge >= 0.3 is 0 Å². The zero-order valence-electron chi connectivity index (χ0n) is 27.4. The lowest BCUT2D eigenvalue weighted by atomic mass is 9.83. The van der Waals surface area contributed by atoms with Crippen molar-refractivity contribution in [3.63, 3.8) is 0 Å². The van der Waals surface area contributed by atoms with Crippen molar-refractivity contribution in [2.45, 2.75) is 31.6 Å². The van der Waals surface area contributed by atoms with Gasteiger partial charge in [0.25, 0.3) is 0 Å². The zero-order valence-corrected chi connectivity index (χ0v) is 28.2. The molecule has 8 aromatic rings. The third-order valence-electron chi connectivity index (χ3n) is 11.3.